The average molecular weight is 264 g/mol. The Bertz CT molecular complexity index is 288. The average Bonchev–Trinajstić information content (AvgIpc) is 2.09. The molecule has 0 aromatic heterocycles. The zero-order valence-corrected chi connectivity index (χ0v) is 9.77. The van der Waals surface area contributed by atoms with Gasteiger partial charge in [0.1, 0.15) is 0 Å². The zero-order chi connectivity index (χ0) is 9.84. The second-order valence-corrected chi connectivity index (χ2v) is 4.29. The lowest BCUT2D eigenvalue weighted by Gasteiger charge is -2.11. The van der Waals surface area contributed by atoms with Gasteiger partial charge in [-0.1, -0.05) is 40.9 Å². The van der Waals surface area contributed by atoms with Crippen molar-refractivity contribution in [3.63, 3.8) is 0 Å². The van der Waals surface area contributed by atoms with Gasteiger partial charge < -0.3 is 5.11 Å². The van der Waals surface area contributed by atoms with E-state index in [-0.39, 0.29) is 0 Å². The lowest BCUT2D eigenvalue weighted by molar-refractivity contribution is 0.166. The third-order valence-electron chi connectivity index (χ3n) is 1.88. The first kappa shape index (κ1) is 11.0. The summed E-state index contributed by atoms with van der Waals surface area (Å²) in [4.78, 5) is 0. The van der Waals surface area contributed by atoms with Crippen LogP contribution in [0.4, 0.5) is 0 Å². The summed E-state index contributed by atoms with van der Waals surface area (Å²) >= 11 is 9.29. The van der Waals surface area contributed by atoms with Crippen molar-refractivity contribution >= 4 is 27.5 Å². The predicted molar refractivity (Wildman–Crippen MR) is 59.0 cm³/mol. The molecule has 0 radical (unpaired) electrons. The topological polar surface area (TPSA) is 20.2 Å². The van der Waals surface area contributed by atoms with Crippen molar-refractivity contribution in [2.45, 2.75) is 25.9 Å². The summed E-state index contributed by atoms with van der Waals surface area (Å²) in [5, 5.41) is 10.3. The van der Waals surface area contributed by atoms with E-state index in [1.807, 2.05) is 19.1 Å². The molecule has 1 unspecified atom stereocenters. The highest BCUT2D eigenvalue weighted by atomic mass is 79.9. The molecule has 1 rings (SSSR count). The van der Waals surface area contributed by atoms with Crippen LogP contribution in [-0.2, 0) is 0 Å². The molecule has 0 spiro atoms. The van der Waals surface area contributed by atoms with Crippen molar-refractivity contribution in [1.29, 1.82) is 0 Å². The minimum atomic E-state index is -0.449. The van der Waals surface area contributed by atoms with Crippen molar-refractivity contribution in [3.8, 4) is 0 Å². The van der Waals surface area contributed by atoms with E-state index in [0.717, 1.165) is 22.9 Å². The third kappa shape index (κ3) is 2.97. The molecule has 0 heterocycles. The first-order chi connectivity index (χ1) is 6.15. The molecule has 1 nitrogen and oxygen atoms in total. The first-order valence-corrected chi connectivity index (χ1v) is 5.45. The quantitative estimate of drug-likeness (QED) is 0.876. The lowest BCUT2D eigenvalue weighted by Crippen LogP contribution is -1.97. The number of rotatable bonds is 3. The maximum atomic E-state index is 9.72. The Hall–Kier alpha value is -0.0500. The monoisotopic (exact) mass is 262 g/mol. The van der Waals surface area contributed by atoms with Gasteiger partial charge in [-0.05, 0) is 24.6 Å². The maximum absolute atomic E-state index is 9.72. The minimum absolute atomic E-state index is 0.449. The van der Waals surface area contributed by atoms with Crippen LogP contribution in [0, 0.1) is 0 Å². The Morgan fingerprint density at radius 1 is 1.54 bits per heavy atom. The number of hydrogen-bond donors (Lipinski definition) is 1. The molecular weight excluding hydrogens is 251 g/mol. The Morgan fingerprint density at radius 2 is 2.23 bits per heavy atom. The SMILES string of the molecule is CCCC(O)c1cc(Br)ccc1Cl. The Morgan fingerprint density at radius 3 is 2.85 bits per heavy atom. The van der Waals surface area contributed by atoms with Crippen LogP contribution in [0.5, 0.6) is 0 Å². The summed E-state index contributed by atoms with van der Waals surface area (Å²) in [5.74, 6) is 0. The van der Waals surface area contributed by atoms with Crippen LogP contribution in [0.2, 0.25) is 5.02 Å². The largest absolute Gasteiger partial charge is 0.388 e. The van der Waals surface area contributed by atoms with Gasteiger partial charge in [0, 0.05) is 15.1 Å². The second kappa shape index (κ2) is 4.99. The molecule has 0 aliphatic carbocycles. The summed E-state index contributed by atoms with van der Waals surface area (Å²) in [6, 6.07) is 5.52. The molecule has 1 N–H and O–H groups in total. The second-order valence-electron chi connectivity index (χ2n) is 2.97. The van der Waals surface area contributed by atoms with Gasteiger partial charge in [-0.2, -0.15) is 0 Å². The van der Waals surface area contributed by atoms with Gasteiger partial charge in [0.2, 0.25) is 0 Å². The standard InChI is InChI=1S/C10H12BrClO/c1-2-3-10(13)8-6-7(11)4-5-9(8)12/h4-6,10,13H,2-3H2,1H3. The van der Waals surface area contributed by atoms with Crippen LogP contribution < -0.4 is 0 Å². The molecule has 0 bridgehead atoms. The molecule has 13 heavy (non-hydrogen) atoms. The zero-order valence-electron chi connectivity index (χ0n) is 7.43. The number of halogens is 2. The van der Waals surface area contributed by atoms with Gasteiger partial charge in [0.15, 0.2) is 0 Å². The first-order valence-electron chi connectivity index (χ1n) is 4.28. The normalized spacial score (nSPS) is 12.9. The van der Waals surface area contributed by atoms with Crippen LogP contribution in [0.15, 0.2) is 22.7 Å². The third-order valence-corrected chi connectivity index (χ3v) is 2.72. The summed E-state index contributed by atoms with van der Waals surface area (Å²) in [7, 11) is 0. The van der Waals surface area contributed by atoms with Crippen LogP contribution in [0.3, 0.4) is 0 Å². The number of aliphatic hydroxyl groups is 1. The van der Waals surface area contributed by atoms with Gasteiger partial charge in [-0.25, -0.2) is 0 Å². The summed E-state index contributed by atoms with van der Waals surface area (Å²) < 4.78 is 0.946. The van der Waals surface area contributed by atoms with Crippen molar-refractivity contribution in [2.24, 2.45) is 0 Å². The van der Waals surface area contributed by atoms with E-state index in [0.29, 0.717) is 5.02 Å². The number of aliphatic hydroxyl groups excluding tert-OH is 1. The van der Waals surface area contributed by atoms with Crippen LogP contribution in [-0.4, -0.2) is 5.11 Å². The summed E-state index contributed by atoms with van der Waals surface area (Å²) in [5.41, 5.74) is 0.804. The Balaban J connectivity index is 2.91. The predicted octanol–water partition coefficient (Wildman–Crippen LogP) is 3.94. The molecule has 1 atom stereocenters. The van der Waals surface area contributed by atoms with Crippen LogP contribution in [0.1, 0.15) is 31.4 Å². The molecule has 72 valence electrons. The Labute approximate surface area is 91.9 Å². The van der Waals surface area contributed by atoms with Crippen molar-refractivity contribution in [1.82, 2.24) is 0 Å². The van der Waals surface area contributed by atoms with E-state index in [9.17, 15) is 5.11 Å². The maximum Gasteiger partial charge on any atom is 0.0804 e. The van der Waals surface area contributed by atoms with E-state index in [1.54, 1.807) is 6.07 Å². The van der Waals surface area contributed by atoms with Gasteiger partial charge in [-0.3, -0.25) is 0 Å². The van der Waals surface area contributed by atoms with Crippen molar-refractivity contribution < 1.29 is 5.11 Å². The molecular formula is C10H12BrClO. The molecule has 0 saturated heterocycles. The van der Waals surface area contributed by atoms with Gasteiger partial charge in [0.05, 0.1) is 6.10 Å². The number of benzene rings is 1. The minimum Gasteiger partial charge on any atom is -0.388 e. The highest BCUT2D eigenvalue weighted by Gasteiger charge is 2.10. The molecule has 0 aliphatic heterocycles. The molecule has 0 aliphatic rings. The van der Waals surface area contributed by atoms with Crippen LogP contribution >= 0.6 is 27.5 Å². The fourth-order valence-corrected chi connectivity index (χ4v) is 1.82. The van der Waals surface area contributed by atoms with E-state index < -0.39 is 6.10 Å². The summed E-state index contributed by atoms with van der Waals surface area (Å²) in [6.07, 6.45) is 1.25. The fraction of sp³-hybridized carbons (Fsp3) is 0.400. The van der Waals surface area contributed by atoms with E-state index in [1.165, 1.54) is 0 Å². The number of hydrogen-bond acceptors (Lipinski definition) is 1. The van der Waals surface area contributed by atoms with Crippen molar-refractivity contribution in [2.75, 3.05) is 0 Å². The lowest BCUT2D eigenvalue weighted by atomic mass is 10.1. The van der Waals surface area contributed by atoms with Crippen molar-refractivity contribution in [3.05, 3.63) is 33.3 Å². The summed E-state index contributed by atoms with van der Waals surface area (Å²) in [6.45, 7) is 2.04. The fourth-order valence-electron chi connectivity index (χ4n) is 1.20. The molecule has 0 saturated carbocycles. The molecule has 1 aromatic rings. The van der Waals surface area contributed by atoms with Gasteiger partial charge in [0.25, 0.3) is 0 Å². The van der Waals surface area contributed by atoms with Crippen LogP contribution in [0.25, 0.3) is 0 Å². The molecule has 0 fully saturated rings. The van der Waals surface area contributed by atoms with E-state index >= 15 is 0 Å². The van der Waals surface area contributed by atoms with E-state index in [4.69, 9.17) is 11.6 Å². The molecule has 3 heteroatoms. The Kier molecular flexibility index (Phi) is 4.23. The molecule has 1 aromatic carbocycles. The highest BCUT2D eigenvalue weighted by molar-refractivity contribution is 9.10. The highest BCUT2D eigenvalue weighted by Crippen LogP contribution is 2.28. The van der Waals surface area contributed by atoms with Gasteiger partial charge in [-0.15, -0.1) is 0 Å². The van der Waals surface area contributed by atoms with E-state index in [2.05, 4.69) is 15.9 Å². The van der Waals surface area contributed by atoms with Gasteiger partial charge >= 0.3 is 0 Å². The smallest absolute Gasteiger partial charge is 0.0804 e. The molecule has 0 amide bonds.